The maximum absolute atomic E-state index is 13.5. The molecule has 0 saturated heterocycles. The highest BCUT2D eigenvalue weighted by molar-refractivity contribution is 7.17. The number of aromatic nitrogens is 1. The van der Waals surface area contributed by atoms with E-state index in [0.29, 0.717) is 16.6 Å². The van der Waals surface area contributed by atoms with Crippen molar-refractivity contribution in [3.8, 4) is 0 Å². The van der Waals surface area contributed by atoms with Crippen molar-refractivity contribution in [2.75, 3.05) is 12.0 Å². The SMILES string of the molecule is COC(=O)c1sc(N2C(=O)c3oc4ccccc4c(=O)c3[C@@H]2c2ccc([N+](=O)[O-])cc2)nc1C. The van der Waals surface area contributed by atoms with E-state index in [-0.39, 0.29) is 32.6 Å². The molecule has 0 fully saturated rings. The van der Waals surface area contributed by atoms with Crippen LogP contribution in [0.2, 0.25) is 0 Å². The van der Waals surface area contributed by atoms with Gasteiger partial charge in [-0.25, -0.2) is 9.78 Å². The number of thiazole rings is 1. The van der Waals surface area contributed by atoms with Crippen LogP contribution in [0.3, 0.4) is 0 Å². The molecule has 5 rings (SSSR count). The highest BCUT2D eigenvalue weighted by Gasteiger charge is 2.45. The number of ether oxygens (including phenoxy) is 1. The molecule has 0 bridgehead atoms. The summed E-state index contributed by atoms with van der Waals surface area (Å²) in [7, 11) is 1.24. The highest BCUT2D eigenvalue weighted by Crippen LogP contribution is 2.43. The lowest BCUT2D eigenvalue weighted by atomic mass is 9.98. The number of nitro groups is 1. The van der Waals surface area contributed by atoms with Gasteiger partial charge in [-0.15, -0.1) is 0 Å². The Hall–Kier alpha value is -4.38. The molecule has 0 saturated carbocycles. The number of nitro benzene ring substituents is 1. The van der Waals surface area contributed by atoms with Crippen molar-refractivity contribution in [1.82, 2.24) is 4.98 Å². The molecule has 34 heavy (non-hydrogen) atoms. The van der Waals surface area contributed by atoms with Gasteiger partial charge in [0.15, 0.2) is 10.6 Å². The second-order valence-electron chi connectivity index (χ2n) is 7.50. The number of rotatable bonds is 4. The lowest BCUT2D eigenvalue weighted by Gasteiger charge is -2.22. The zero-order chi connectivity index (χ0) is 24.1. The normalized spacial score (nSPS) is 14.9. The number of fused-ring (bicyclic) bond motifs is 2. The van der Waals surface area contributed by atoms with Crippen LogP contribution in [0.4, 0.5) is 10.8 Å². The van der Waals surface area contributed by atoms with Gasteiger partial charge in [0.1, 0.15) is 10.5 Å². The summed E-state index contributed by atoms with van der Waals surface area (Å²) in [6.45, 7) is 1.61. The van der Waals surface area contributed by atoms with Crippen molar-refractivity contribution in [2.45, 2.75) is 13.0 Å². The van der Waals surface area contributed by atoms with Gasteiger partial charge in [0.2, 0.25) is 5.76 Å². The first-order valence-electron chi connectivity index (χ1n) is 10.0. The summed E-state index contributed by atoms with van der Waals surface area (Å²) in [4.78, 5) is 55.6. The van der Waals surface area contributed by atoms with Gasteiger partial charge in [-0.2, -0.15) is 0 Å². The monoisotopic (exact) mass is 477 g/mol. The number of carbonyl (C=O) groups is 2. The number of anilines is 1. The third-order valence-corrected chi connectivity index (χ3v) is 6.70. The number of carbonyl (C=O) groups excluding carboxylic acids is 2. The molecule has 0 N–H and O–H groups in total. The van der Waals surface area contributed by atoms with Crippen molar-refractivity contribution in [3.05, 3.63) is 96.3 Å². The first kappa shape index (κ1) is 21.5. The zero-order valence-corrected chi connectivity index (χ0v) is 18.6. The average molecular weight is 477 g/mol. The summed E-state index contributed by atoms with van der Waals surface area (Å²) in [6, 6.07) is 11.2. The third-order valence-electron chi connectivity index (χ3n) is 5.56. The number of non-ortho nitro benzene ring substituents is 1. The van der Waals surface area contributed by atoms with E-state index in [1.54, 1.807) is 31.2 Å². The molecular weight excluding hydrogens is 462 g/mol. The predicted molar refractivity (Wildman–Crippen MR) is 122 cm³/mol. The minimum atomic E-state index is -0.958. The molecule has 1 atom stereocenters. The number of nitrogens with zero attached hydrogens (tertiary/aromatic N) is 3. The van der Waals surface area contributed by atoms with Crippen molar-refractivity contribution in [3.63, 3.8) is 0 Å². The van der Waals surface area contributed by atoms with E-state index in [1.807, 2.05) is 0 Å². The maximum atomic E-state index is 13.5. The topological polar surface area (TPSA) is 133 Å². The number of hydrogen-bond donors (Lipinski definition) is 0. The minimum Gasteiger partial charge on any atom is -0.465 e. The van der Waals surface area contributed by atoms with Crippen LogP contribution in [0.15, 0.2) is 57.7 Å². The van der Waals surface area contributed by atoms with Gasteiger partial charge in [-0.05, 0) is 36.8 Å². The van der Waals surface area contributed by atoms with Gasteiger partial charge in [0, 0.05) is 12.1 Å². The average Bonchev–Trinajstić information content (AvgIpc) is 3.36. The van der Waals surface area contributed by atoms with Gasteiger partial charge >= 0.3 is 5.97 Å². The van der Waals surface area contributed by atoms with Crippen LogP contribution in [0.5, 0.6) is 0 Å². The fraction of sp³-hybridized carbons (Fsp3) is 0.130. The van der Waals surface area contributed by atoms with Crippen LogP contribution in [-0.2, 0) is 4.74 Å². The number of hydrogen-bond acceptors (Lipinski definition) is 9. The fourth-order valence-electron chi connectivity index (χ4n) is 3.98. The van der Waals surface area contributed by atoms with Gasteiger partial charge in [0.05, 0.1) is 34.7 Å². The molecule has 10 nitrogen and oxygen atoms in total. The Morgan fingerprint density at radius 1 is 1.18 bits per heavy atom. The molecule has 0 unspecified atom stereocenters. The van der Waals surface area contributed by atoms with Gasteiger partial charge < -0.3 is 9.15 Å². The van der Waals surface area contributed by atoms with E-state index in [0.717, 1.165) is 11.3 Å². The summed E-state index contributed by atoms with van der Waals surface area (Å²) >= 11 is 0.948. The predicted octanol–water partition coefficient (Wildman–Crippen LogP) is 4.00. The quantitative estimate of drug-likeness (QED) is 0.245. The Morgan fingerprint density at radius 2 is 1.88 bits per heavy atom. The first-order chi connectivity index (χ1) is 16.3. The Bertz CT molecular complexity index is 1560. The summed E-state index contributed by atoms with van der Waals surface area (Å²) in [5.41, 5.74) is 0.649. The van der Waals surface area contributed by atoms with Gasteiger partial charge in [0.25, 0.3) is 11.6 Å². The van der Waals surface area contributed by atoms with Crippen LogP contribution in [0.25, 0.3) is 11.0 Å². The summed E-state index contributed by atoms with van der Waals surface area (Å²) in [5.74, 6) is -1.34. The van der Waals surface area contributed by atoms with E-state index in [9.17, 15) is 24.5 Å². The van der Waals surface area contributed by atoms with E-state index in [1.165, 1.54) is 36.3 Å². The van der Waals surface area contributed by atoms with Gasteiger partial charge in [-0.3, -0.25) is 24.6 Å². The molecular formula is C23H15N3O7S. The number of benzene rings is 2. The molecule has 2 aromatic heterocycles. The molecule has 3 heterocycles. The van der Waals surface area contributed by atoms with Crippen LogP contribution in [0, 0.1) is 17.0 Å². The minimum absolute atomic E-state index is 0.102. The number of methoxy groups -OCH3 is 1. The second kappa shape index (κ2) is 7.89. The van der Waals surface area contributed by atoms with E-state index in [2.05, 4.69) is 4.98 Å². The zero-order valence-electron chi connectivity index (χ0n) is 17.8. The number of aryl methyl sites for hydroxylation is 1. The molecule has 1 amide bonds. The van der Waals surface area contributed by atoms with Crippen molar-refractivity contribution < 1.29 is 23.7 Å². The Labute approximate surface area is 195 Å². The maximum Gasteiger partial charge on any atom is 0.350 e. The lowest BCUT2D eigenvalue weighted by molar-refractivity contribution is -0.384. The fourth-order valence-corrected chi connectivity index (χ4v) is 4.99. The molecule has 11 heteroatoms. The van der Waals surface area contributed by atoms with Crippen LogP contribution in [0.1, 0.15) is 43.1 Å². The Balaban J connectivity index is 1.76. The Kier molecular flexibility index (Phi) is 4.98. The molecule has 0 radical (unpaired) electrons. The largest absolute Gasteiger partial charge is 0.465 e. The molecule has 2 aromatic carbocycles. The van der Waals surface area contributed by atoms with Crippen molar-refractivity contribution in [1.29, 1.82) is 0 Å². The van der Waals surface area contributed by atoms with Crippen LogP contribution < -0.4 is 10.3 Å². The van der Waals surface area contributed by atoms with Gasteiger partial charge in [-0.1, -0.05) is 23.5 Å². The van der Waals surface area contributed by atoms with Crippen molar-refractivity contribution in [2.24, 2.45) is 0 Å². The molecule has 1 aliphatic heterocycles. The first-order valence-corrected chi connectivity index (χ1v) is 10.8. The number of para-hydroxylation sites is 1. The van der Waals surface area contributed by atoms with Crippen LogP contribution >= 0.6 is 11.3 Å². The summed E-state index contributed by atoms with van der Waals surface area (Å²) in [6.07, 6.45) is 0. The molecule has 1 aliphatic rings. The third kappa shape index (κ3) is 3.17. The number of amides is 1. The molecule has 0 spiro atoms. The molecule has 4 aromatic rings. The van der Waals surface area contributed by atoms with Crippen LogP contribution in [-0.4, -0.2) is 28.9 Å². The van der Waals surface area contributed by atoms with E-state index in [4.69, 9.17) is 9.15 Å². The van der Waals surface area contributed by atoms with Crippen molar-refractivity contribution >= 4 is 45.0 Å². The number of esters is 1. The highest BCUT2D eigenvalue weighted by atomic mass is 32.1. The Morgan fingerprint density at radius 3 is 2.56 bits per heavy atom. The smallest absolute Gasteiger partial charge is 0.350 e. The lowest BCUT2D eigenvalue weighted by Crippen LogP contribution is -2.29. The van der Waals surface area contributed by atoms with E-state index < -0.39 is 28.3 Å². The second-order valence-corrected chi connectivity index (χ2v) is 8.48. The standard InChI is InChI=1S/C23H15N3O7S/c1-11-20(22(29)32-2)34-23(24-11)25-17(12-7-9-13(10-8-12)26(30)31)16-18(27)14-5-3-4-6-15(14)33-19(16)21(25)28/h3-10,17H,1-2H3/t17-/m0/s1. The van der Waals surface area contributed by atoms with E-state index >= 15 is 0 Å². The molecule has 170 valence electrons. The summed E-state index contributed by atoms with van der Waals surface area (Å²) < 4.78 is 10.7. The molecule has 0 aliphatic carbocycles. The summed E-state index contributed by atoms with van der Waals surface area (Å²) in [5, 5.41) is 11.6.